The summed E-state index contributed by atoms with van der Waals surface area (Å²) in [6.07, 6.45) is 0. The van der Waals surface area contributed by atoms with Crippen LogP contribution in [-0.2, 0) is 6.04 Å². The molecular weight excluding hydrogens is 204 g/mol. The van der Waals surface area contributed by atoms with Crippen LogP contribution in [0.25, 0.3) is 0 Å². The minimum absolute atomic E-state index is 1.00. The molecule has 0 spiro atoms. The predicted molar refractivity (Wildman–Crippen MR) is 49.5 cm³/mol. The van der Waals surface area contributed by atoms with Gasteiger partial charge in [-0.3, -0.25) is 0 Å². The number of benzene rings is 1. The molecule has 0 aliphatic rings. The van der Waals surface area contributed by atoms with Crippen LogP contribution in [0.5, 0.6) is 0 Å². The first-order valence-electron chi connectivity index (χ1n) is 3.22. The Morgan fingerprint density at radius 2 is 2.10 bits per heavy atom. The van der Waals surface area contributed by atoms with Gasteiger partial charge < -0.3 is 0 Å². The molecule has 2 heteroatoms. The van der Waals surface area contributed by atoms with Gasteiger partial charge in [0.05, 0.1) is 0 Å². The third-order valence-electron chi connectivity index (χ3n) is 1.33. The molecule has 0 heterocycles. The van der Waals surface area contributed by atoms with E-state index in [1.807, 2.05) is 6.07 Å². The van der Waals surface area contributed by atoms with Crippen molar-refractivity contribution >= 4 is 25.4 Å². The average Bonchev–Trinajstić information content (AvgIpc) is 1.94. The van der Waals surface area contributed by atoms with Crippen molar-refractivity contribution in [3.63, 3.8) is 0 Å². The molecule has 10 heavy (non-hydrogen) atoms. The highest BCUT2D eigenvalue weighted by molar-refractivity contribution is 9.10. The van der Waals surface area contributed by atoms with Gasteiger partial charge in [0.1, 0.15) is 0 Å². The molecule has 0 bridgehead atoms. The van der Waals surface area contributed by atoms with Crippen LogP contribution in [0.4, 0.5) is 0 Å². The fourth-order valence-corrected chi connectivity index (χ4v) is 2.21. The van der Waals surface area contributed by atoms with E-state index < -0.39 is 0 Å². The second-order valence-electron chi connectivity index (χ2n) is 2.12. The van der Waals surface area contributed by atoms with E-state index in [4.69, 9.17) is 0 Å². The maximum atomic E-state index is 3.50. The summed E-state index contributed by atoms with van der Waals surface area (Å²) in [5.41, 5.74) is 1.42. The highest BCUT2D eigenvalue weighted by Crippen LogP contribution is 2.15. The highest BCUT2D eigenvalue weighted by atomic mass is 79.9. The van der Waals surface area contributed by atoms with Crippen LogP contribution in [0.15, 0.2) is 28.7 Å². The largest absolute Gasteiger partial charge is 0.0730 e. The van der Waals surface area contributed by atoms with E-state index in [1.54, 1.807) is 0 Å². The smallest absolute Gasteiger partial charge is 0.0394 e. The Kier molecular flexibility index (Phi) is 3.16. The average molecular weight is 213 g/mol. The first kappa shape index (κ1) is 8.02. The summed E-state index contributed by atoms with van der Waals surface area (Å²) in [5.74, 6) is 0. The van der Waals surface area contributed by atoms with Gasteiger partial charge in [0.15, 0.2) is 0 Å². The molecule has 52 valence electrons. The van der Waals surface area contributed by atoms with Gasteiger partial charge in [0.25, 0.3) is 0 Å². The van der Waals surface area contributed by atoms with Crippen molar-refractivity contribution in [3.8, 4) is 0 Å². The van der Waals surface area contributed by atoms with Gasteiger partial charge >= 0.3 is 0 Å². The molecule has 0 aliphatic carbocycles. The third-order valence-corrected chi connectivity index (χ3v) is 2.83. The van der Waals surface area contributed by atoms with Crippen LogP contribution in [0.1, 0.15) is 5.56 Å². The van der Waals surface area contributed by atoms with Crippen LogP contribution in [0, 0.1) is 0 Å². The molecule has 0 aromatic heterocycles. The van der Waals surface area contributed by atoms with Gasteiger partial charge in [-0.2, -0.15) is 0 Å². The lowest BCUT2D eigenvalue weighted by Crippen LogP contribution is -1.91. The zero-order valence-corrected chi connectivity index (χ0v) is 8.48. The molecule has 0 nitrogen and oxygen atoms in total. The van der Waals surface area contributed by atoms with E-state index in [-0.39, 0.29) is 0 Å². The lowest BCUT2D eigenvalue weighted by atomic mass is 10.2. The number of halogens is 1. The van der Waals surface area contributed by atoms with Crippen molar-refractivity contribution in [1.82, 2.24) is 0 Å². The fourth-order valence-electron chi connectivity index (χ4n) is 0.832. The van der Waals surface area contributed by atoms with E-state index in [0.717, 1.165) is 9.52 Å². The Hall–Kier alpha value is -0.0831. The van der Waals surface area contributed by atoms with E-state index in [9.17, 15) is 0 Å². The van der Waals surface area contributed by atoms with Gasteiger partial charge in [-0.25, -0.2) is 0 Å². The lowest BCUT2D eigenvalue weighted by Gasteiger charge is -1.99. The predicted octanol–water partition coefficient (Wildman–Crippen LogP) is 2.70. The first-order chi connectivity index (χ1) is 4.84. The first-order valence-corrected chi connectivity index (χ1v) is 5.72. The van der Waals surface area contributed by atoms with Gasteiger partial charge in [-0.1, -0.05) is 40.7 Å². The normalized spacial score (nSPS) is 9.80. The summed E-state index contributed by atoms with van der Waals surface area (Å²) in [4.78, 5) is 0. The van der Waals surface area contributed by atoms with Crippen molar-refractivity contribution in [2.45, 2.75) is 12.6 Å². The molecule has 0 saturated carbocycles. The van der Waals surface area contributed by atoms with Crippen molar-refractivity contribution in [1.29, 1.82) is 0 Å². The molecule has 0 atom stereocenters. The minimum Gasteiger partial charge on any atom is -0.0730 e. The molecule has 2 radical (unpaired) electrons. The second-order valence-corrected chi connectivity index (χ2v) is 4.04. The van der Waals surface area contributed by atoms with Crippen LogP contribution in [0.2, 0.25) is 6.55 Å². The zero-order valence-electron chi connectivity index (χ0n) is 5.89. The SMILES string of the molecule is C[Si]Cc1ccccc1Br. The second kappa shape index (κ2) is 3.94. The van der Waals surface area contributed by atoms with Crippen molar-refractivity contribution in [2.75, 3.05) is 0 Å². The molecule has 1 rings (SSSR count). The summed E-state index contributed by atoms with van der Waals surface area (Å²) in [5, 5.41) is 0. The summed E-state index contributed by atoms with van der Waals surface area (Å²) in [7, 11) is 1.00. The Balaban J connectivity index is 2.81. The summed E-state index contributed by atoms with van der Waals surface area (Å²) < 4.78 is 1.24. The molecule has 1 aromatic rings. The third kappa shape index (κ3) is 1.96. The Labute approximate surface area is 72.6 Å². The van der Waals surface area contributed by atoms with Crippen molar-refractivity contribution in [3.05, 3.63) is 34.3 Å². The topological polar surface area (TPSA) is 0 Å². The number of rotatable bonds is 2. The lowest BCUT2D eigenvalue weighted by molar-refractivity contribution is 1.35. The minimum atomic E-state index is 1.00. The zero-order chi connectivity index (χ0) is 7.40. The Bertz CT molecular complexity index is 210. The standard InChI is InChI=1S/C8H9BrSi/c1-10-6-7-4-2-3-5-8(7)9/h2-5H,6H2,1H3. The monoisotopic (exact) mass is 212 g/mol. The van der Waals surface area contributed by atoms with E-state index in [0.29, 0.717) is 0 Å². The van der Waals surface area contributed by atoms with Gasteiger partial charge in [-0.05, 0) is 17.7 Å². The molecule has 0 aliphatic heterocycles. The number of hydrogen-bond donors (Lipinski definition) is 0. The summed E-state index contributed by atoms with van der Waals surface area (Å²) in [6, 6.07) is 9.59. The van der Waals surface area contributed by atoms with Crippen LogP contribution in [-0.4, -0.2) is 9.52 Å². The molecule has 0 N–H and O–H groups in total. The van der Waals surface area contributed by atoms with Gasteiger partial charge in [0, 0.05) is 14.0 Å². The van der Waals surface area contributed by atoms with Crippen molar-refractivity contribution < 1.29 is 0 Å². The van der Waals surface area contributed by atoms with E-state index in [1.165, 1.54) is 16.1 Å². The Morgan fingerprint density at radius 3 is 2.70 bits per heavy atom. The molecule has 0 amide bonds. The maximum absolute atomic E-state index is 3.50. The van der Waals surface area contributed by atoms with Gasteiger partial charge in [0.2, 0.25) is 0 Å². The molecule has 0 saturated heterocycles. The fraction of sp³-hybridized carbons (Fsp3) is 0.250. The highest BCUT2D eigenvalue weighted by Gasteiger charge is 1.94. The van der Waals surface area contributed by atoms with Crippen molar-refractivity contribution in [2.24, 2.45) is 0 Å². The Morgan fingerprint density at radius 1 is 1.40 bits per heavy atom. The summed E-state index contributed by atoms with van der Waals surface area (Å²) in [6.45, 7) is 2.22. The van der Waals surface area contributed by atoms with Gasteiger partial charge in [-0.15, -0.1) is 0 Å². The van der Waals surface area contributed by atoms with Crippen LogP contribution >= 0.6 is 15.9 Å². The quantitative estimate of drug-likeness (QED) is 0.662. The molecule has 1 aromatic carbocycles. The van der Waals surface area contributed by atoms with E-state index in [2.05, 4.69) is 40.7 Å². The number of hydrogen-bond acceptors (Lipinski definition) is 0. The van der Waals surface area contributed by atoms with Crippen LogP contribution < -0.4 is 0 Å². The maximum Gasteiger partial charge on any atom is 0.0394 e. The molecule has 0 fully saturated rings. The molecular formula is C8H9BrSi. The van der Waals surface area contributed by atoms with Crippen LogP contribution in [0.3, 0.4) is 0 Å². The molecule has 0 unspecified atom stereocenters. The summed E-state index contributed by atoms with van der Waals surface area (Å²) >= 11 is 3.50. The van der Waals surface area contributed by atoms with E-state index >= 15 is 0 Å².